The molecule has 3 aromatic rings. The number of esters is 1. The largest absolute Gasteiger partial charge is 0.464 e. The van der Waals surface area contributed by atoms with Gasteiger partial charge in [0.25, 0.3) is 0 Å². The Balaban J connectivity index is 2.13. The number of pyridine rings is 1. The van der Waals surface area contributed by atoms with E-state index in [9.17, 15) is 9.59 Å². The van der Waals surface area contributed by atoms with E-state index in [4.69, 9.17) is 4.74 Å². The van der Waals surface area contributed by atoms with E-state index >= 15 is 0 Å². The zero-order chi connectivity index (χ0) is 19.6. The van der Waals surface area contributed by atoms with E-state index in [0.717, 1.165) is 21.8 Å². The molecule has 5 nitrogen and oxygen atoms in total. The highest BCUT2D eigenvalue weighted by molar-refractivity contribution is 7.10. The molecule has 0 amide bonds. The Labute approximate surface area is 161 Å². The van der Waals surface area contributed by atoms with E-state index in [0.29, 0.717) is 17.8 Å². The third-order valence-corrected chi connectivity index (χ3v) is 5.25. The van der Waals surface area contributed by atoms with Crippen molar-refractivity contribution in [2.24, 2.45) is 0 Å². The first-order chi connectivity index (χ1) is 13.0. The summed E-state index contributed by atoms with van der Waals surface area (Å²) in [6.07, 6.45) is 3.83. The molecule has 0 unspecified atom stereocenters. The summed E-state index contributed by atoms with van der Waals surface area (Å²) in [7, 11) is 1.32. The minimum Gasteiger partial charge on any atom is -0.464 e. The molecule has 0 saturated carbocycles. The summed E-state index contributed by atoms with van der Waals surface area (Å²) in [5, 5.41) is 3.54. The molecule has 0 radical (unpaired) electrons. The Hall–Kier alpha value is -2.73. The number of carbonyl (C=O) groups is 1. The van der Waals surface area contributed by atoms with Gasteiger partial charge in [-0.3, -0.25) is 4.79 Å². The van der Waals surface area contributed by atoms with Crippen LogP contribution in [0.5, 0.6) is 0 Å². The molecule has 0 bridgehead atoms. The topological polar surface area (TPSA) is 61.2 Å². The quantitative estimate of drug-likeness (QED) is 0.607. The molecule has 0 atom stereocenters. The lowest BCUT2D eigenvalue weighted by molar-refractivity contribution is 0.0588. The minimum atomic E-state index is -0.513. The van der Waals surface area contributed by atoms with E-state index in [2.05, 4.69) is 24.2 Å². The van der Waals surface area contributed by atoms with Crippen LogP contribution >= 0.6 is 11.3 Å². The van der Waals surface area contributed by atoms with Crippen LogP contribution in [-0.4, -0.2) is 22.6 Å². The van der Waals surface area contributed by atoms with E-state index < -0.39 is 5.97 Å². The van der Waals surface area contributed by atoms with Crippen LogP contribution in [0.4, 0.5) is 0 Å². The van der Waals surface area contributed by atoms with Crippen molar-refractivity contribution in [1.29, 1.82) is 0 Å². The Morgan fingerprint density at radius 1 is 1.33 bits per heavy atom. The number of hydrogen-bond donors (Lipinski definition) is 0. The van der Waals surface area contributed by atoms with Gasteiger partial charge in [-0.15, -0.1) is 11.3 Å². The fraction of sp³-hybridized carbons (Fsp3) is 0.286. The van der Waals surface area contributed by atoms with E-state index in [-0.39, 0.29) is 11.1 Å². The second-order valence-corrected chi connectivity index (χ2v) is 7.36. The van der Waals surface area contributed by atoms with Crippen LogP contribution in [0.1, 0.15) is 53.4 Å². The molecular weight excluding hydrogens is 360 g/mol. The number of rotatable bonds is 5. The van der Waals surface area contributed by atoms with Crippen LogP contribution in [0.3, 0.4) is 0 Å². The zero-order valence-electron chi connectivity index (χ0n) is 15.9. The zero-order valence-corrected chi connectivity index (χ0v) is 16.7. The van der Waals surface area contributed by atoms with Gasteiger partial charge in [-0.25, -0.2) is 9.78 Å². The molecule has 3 rings (SSSR count). The number of methoxy groups -OCH3 is 1. The number of benzene rings is 1. The molecule has 0 aliphatic rings. The number of hydrogen-bond acceptors (Lipinski definition) is 5. The highest BCUT2D eigenvalue weighted by atomic mass is 32.1. The fourth-order valence-electron chi connectivity index (χ4n) is 3.01. The first kappa shape index (κ1) is 19.0. The van der Waals surface area contributed by atoms with Gasteiger partial charge in [0.1, 0.15) is 10.7 Å². The molecular formula is C21H22N2O3S. The Bertz CT molecular complexity index is 1080. The highest BCUT2D eigenvalue weighted by Gasteiger charge is 2.16. The van der Waals surface area contributed by atoms with Crippen LogP contribution in [0, 0.1) is 0 Å². The van der Waals surface area contributed by atoms with Gasteiger partial charge in [-0.05, 0) is 30.5 Å². The predicted octanol–water partition coefficient (Wildman–Crippen LogP) is 4.56. The van der Waals surface area contributed by atoms with Crippen LogP contribution in [0.2, 0.25) is 0 Å². The van der Waals surface area contributed by atoms with Crippen LogP contribution in [0.25, 0.3) is 23.1 Å². The normalized spacial score (nSPS) is 11.6. The van der Waals surface area contributed by atoms with Crippen LogP contribution in [0.15, 0.2) is 34.4 Å². The molecule has 0 N–H and O–H groups in total. The van der Waals surface area contributed by atoms with E-state index in [1.807, 2.05) is 37.3 Å². The van der Waals surface area contributed by atoms with Gasteiger partial charge in [0.15, 0.2) is 5.43 Å². The maximum absolute atomic E-state index is 12.7. The Morgan fingerprint density at radius 2 is 2.11 bits per heavy atom. The lowest BCUT2D eigenvalue weighted by Crippen LogP contribution is -2.19. The standard InChI is InChI=1S/C21H22N2O3S/c1-5-23-16-8-6-7-14(9-10-19-22-15(12-27-19)13(2)3)20(16)18(24)11-17(23)21(25)26-4/h6-13H,5H2,1-4H3. The van der Waals surface area contributed by atoms with E-state index in [1.54, 1.807) is 15.9 Å². The van der Waals surface area contributed by atoms with Crippen molar-refractivity contribution in [2.45, 2.75) is 33.2 Å². The maximum Gasteiger partial charge on any atom is 0.354 e. The molecule has 6 heteroatoms. The average Bonchev–Trinajstić information content (AvgIpc) is 3.14. The van der Waals surface area contributed by atoms with Crippen molar-refractivity contribution < 1.29 is 9.53 Å². The van der Waals surface area contributed by atoms with Crippen molar-refractivity contribution in [3.8, 4) is 0 Å². The average molecular weight is 382 g/mol. The predicted molar refractivity (Wildman–Crippen MR) is 110 cm³/mol. The van der Waals surface area contributed by atoms with Crippen molar-refractivity contribution in [2.75, 3.05) is 7.11 Å². The molecule has 0 aliphatic heterocycles. The molecule has 2 aromatic heterocycles. The monoisotopic (exact) mass is 382 g/mol. The van der Waals surface area contributed by atoms with Crippen molar-refractivity contribution in [1.82, 2.24) is 9.55 Å². The van der Waals surface area contributed by atoms with Crippen LogP contribution < -0.4 is 5.43 Å². The second kappa shape index (κ2) is 7.88. The first-order valence-corrected chi connectivity index (χ1v) is 9.72. The number of aryl methyl sites for hydroxylation is 1. The van der Waals surface area contributed by atoms with E-state index in [1.165, 1.54) is 13.2 Å². The van der Waals surface area contributed by atoms with Crippen molar-refractivity contribution in [3.05, 3.63) is 61.8 Å². The lowest BCUT2D eigenvalue weighted by atomic mass is 10.1. The summed E-state index contributed by atoms with van der Waals surface area (Å²) < 4.78 is 6.63. The molecule has 27 heavy (non-hydrogen) atoms. The molecule has 0 spiro atoms. The lowest BCUT2D eigenvalue weighted by Gasteiger charge is -2.14. The van der Waals surface area contributed by atoms with Gasteiger partial charge in [0, 0.05) is 18.0 Å². The smallest absolute Gasteiger partial charge is 0.354 e. The summed E-state index contributed by atoms with van der Waals surface area (Å²) in [4.78, 5) is 29.4. The molecule has 140 valence electrons. The van der Waals surface area contributed by atoms with Gasteiger partial charge in [0.2, 0.25) is 0 Å². The van der Waals surface area contributed by atoms with Gasteiger partial charge < -0.3 is 9.30 Å². The summed E-state index contributed by atoms with van der Waals surface area (Å²) in [5.41, 5.74) is 2.65. The number of ether oxygens (including phenoxy) is 1. The van der Waals surface area contributed by atoms with Gasteiger partial charge in [-0.2, -0.15) is 0 Å². The number of carbonyl (C=O) groups excluding carboxylic acids is 1. The first-order valence-electron chi connectivity index (χ1n) is 8.84. The molecule has 0 saturated heterocycles. The molecule has 2 heterocycles. The maximum atomic E-state index is 12.7. The van der Waals surface area contributed by atoms with Gasteiger partial charge >= 0.3 is 5.97 Å². The fourth-order valence-corrected chi connectivity index (χ4v) is 3.88. The number of fused-ring (bicyclic) bond motifs is 1. The minimum absolute atomic E-state index is 0.197. The number of aromatic nitrogens is 2. The summed E-state index contributed by atoms with van der Waals surface area (Å²) in [6.45, 7) is 6.71. The Morgan fingerprint density at radius 3 is 2.74 bits per heavy atom. The molecule has 0 fully saturated rings. The molecule has 1 aromatic carbocycles. The van der Waals surface area contributed by atoms with Crippen molar-refractivity contribution >= 4 is 40.4 Å². The van der Waals surface area contributed by atoms with Gasteiger partial charge in [0.05, 0.1) is 23.7 Å². The third-order valence-electron chi connectivity index (χ3n) is 4.42. The number of thiazole rings is 1. The van der Waals surface area contributed by atoms with Crippen LogP contribution in [-0.2, 0) is 11.3 Å². The van der Waals surface area contributed by atoms with Gasteiger partial charge in [-0.1, -0.05) is 32.1 Å². The molecule has 0 aliphatic carbocycles. The third kappa shape index (κ3) is 3.71. The second-order valence-electron chi connectivity index (χ2n) is 6.47. The summed E-state index contributed by atoms with van der Waals surface area (Å²) in [6, 6.07) is 6.99. The summed E-state index contributed by atoms with van der Waals surface area (Å²) in [5.74, 6) is -0.129. The summed E-state index contributed by atoms with van der Waals surface area (Å²) >= 11 is 1.58. The SMILES string of the molecule is CCn1c(C(=O)OC)cc(=O)c2c(C=Cc3nc(C(C)C)cs3)cccc21. The Kier molecular flexibility index (Phi) is 5.56. The van der Waals surface area contributed by atoms with Crippen molar-refractivity contribution in [3.63, 3.8) is 0 Å². The number of nitrogens with zero attached hydrogens (tertiary/aromatic N) is 2. The highest BCUT2D eigenvalue weighted by Crippen LogP contribution is 2.22.